The molecule has 0 aliphatic rings. The number of aliphatic hydroxyl groups is 3. The molecule has 0 aliphatic carbocycles. The number of aliphatic hydroxyl groups excluding tert-OH is 2. The fraction of sp³-hybridized carbons (Fsp3) is 0.269. The van der Waals surface area contributed by atoms with Crippen LogP contribution in [-0.2, 0) is 4.79 Å². The van der Waals surface area contributed by atoms with Gasteiger partial charge in [-0.05, 0) is 31.9 Å². The van der Waals surface area contributed by atoms with Crippen molar-refractivity contribution >= 4 is 5.97 Å². The van der Waals surface area contributed by atoms with Crippen LogP contribution in [-0.4, -0.2) is 26.9 Å². The highest BCUT2D eigenvalue weighted by Gasteiger charge is 2.21. The Hall–Kier alpha value is -3.03. The molecule has 0 unspecified atom stereocenters. The molecule has 0 aliphatic heterocycles. The number of benzene rings is 3. The quantitative estimate of drug-likeness (QED) is 0.483. The van der Waals surface area contributed by atoms with Crippen molar-refractivity contribution in [1.82, 2.24) is 0 Å². The van der Waals surface area contributed by atoms with Crippen LogP contribution in [0.4, 0.5) is 0 Å². The molecule has 0 aromatic heterocycles. The maximum atomic E-state index is 10.2. The third kappa shape index (κ3) is 10.8. The molecule has 0 bridgehead atoms. The summed E-state index contributed by atoms with van der Waals surface area (Å²) in [6.07, 6.45) is -2.07. The zero-order valence-electron chi connectivity index (χ0n) is 18.8. The second-order valence-electron chi connectivity index (χ2n) is 8.18. The number of quaternary nitrogens is 1. The minimum Gasteiger partial charge on any atom is -0.547 e. The molecule has 0 heterocycles. The van der Waals surface area contributed by atoms with Crippen molar-refractivity contribution in [3.05, 3.63) is 108 Å². The van der Waals surface area contributed by atoms with Crippen LogP contribution in [0.25, 0.3) is 0 Å². The van der Waals surface area contributed by atoms with Gasteiger partial charge in [-0.25, -0.2) is 0 Å². The van der Waals surface area contributed by atoms with Gasteiger partial charge in [-0.15, -0.1) is 0 Å². The number of carbonyl (C=O) groups excluding carboxylic acids is 1. The normalized spacial score (nSPS) is 13.3. The highest BCUT2D eigenvalue weighted by atomic mass is 16.4. The van der Waals surface area contributed by atoms with Crippen molar-refractivity contribution in [2.75, 3.05) is 0 Å². The summed E-state index contributed by atoms with van der Waals surface area (Å²) in [7, 11) is 0. The van der Waals surface area contributed by atoms with Crippen LogP contribution in [0.3, 0.4) is 0 Å². The van der Waals surface area contributed by atoms with Gasteiger partial charge in [-0.1, -0.05) is 91.0 Å². The van der Waals surface area contributed by atoms with Crippen LogP contribution in [0.15, 0.2) is 91.0 Å². The van der Waals surface area contributed by atoms with Crippen LogP contribution < -0.4 is 10.8 Å². The number of carboxylic acid groups (broad SMARTS) is 1. The average Bonchev–Trinajstić information content (AvgIpc) is 2.78. The second-order valence-corrected chi connectivity index (χ2v) is 8.18. The van der Waals surface area contributed by atoms with Gasteiger partial charge in [-0.2, -0.15) is 0 Å². The van der Waals surface area contributed by atoms with Gasteiger partial charge in [0.15, 0.2) is 0 Å². The van der Waals surface area contributed by atoms with Gasteiger partial charge in [-0.3, -0.25) is 0 Å². The van der Waals surface area contributed by atoms with E-state index in [1.54, 1.807) is 39.0 Å². The fourth-order valence-corrected chi connectivity index (χ4v) is 2.54. The number of rotatable bonds is 5. The molecule has 0 saturated heterocycles. The van der Waals surface area contributed by atoms with E-state index in [0.29, 0.717) is 5.56 Å². The van der Waals surface area contributed by atoms with E-state index in [2.05, 4.69) is 5.73 Å². The lowest BCUT2D eigenvalue weighted by Crippen LogP contribution is -2.56. The largest absolute Gasteiger partial charge is 0.547 e. The van der Waals surface area contributed by atoms with E-state index in [9.17, 15) is 15.0 Å². The first kappa shape index (κ1) is 27.0. The summed E-state index contributed by atoms with van der Waals surface area (Å²) < 4.78 is 0. The predicted molar refractivity (Wildman–Crippen MR) is 122 cm³/mol. The molecule has 0 spiro atoms. The van der Waals surface area contributed by atoms with Crippen molar-refractivity contribution in [2.45, 2.75) is 44.6 Å². The zero-order valence-corrected chi connectivity index (χ0v) is 18.8. The fourth-order valence-electron chi connectivity index (χ4n) is 2.54. The molecular formula is C26H33NO5. The van der Waals surface area contributed by atoms with Crippen molar-refractivity contribution in [3.63, 3.8) is 0 Å². The Morgan fingerprint density at radius 1 is 0.750 bits per heavy atom. The third-order valence-electron chi connectivity index (χ3n) is 4.09. The lowest BCUT2D eigenvalue weighted by molar-refractivity contribution is -0.446. The summed E-state index contributed by atoms with van der Waals surface area (Å²) in [4.78, 5) is 10.1. The van der Waals surface area contributed by atoms with Gasteiger partial charge in [0.1, 0.15) is 18.2 Å². The first-order chi connectivity index (χ1) is 15.0. The van der Waals surface area contributed by atoms with Crippen LogP contribution in [0.2, 0.25) is 0 Å². The van der Waals surface area contributed by atoms with Crippen LogP contribution in [0.5, 0.6) is 0 Å². The molecule has 6 heteroatoms. The molecule has 172 valence electrons. The van der Waals surface area contributed by atoms with E-state index in [1.807, 2.05) is 60.7 Å². The summed E-state index contributed by atoms with van der Waals surface area (Å²) in [6, 6.07) is 27.5. The number of hydrogen-bond donors (Lipinski definition) is 4. The third-order valence-corrected chi connectivity index (χ3v) is 4.09. The molecule has 0 amide bonds. The van der Waals surface area contributed by atoms with Gasteiger partial charge >= 0.3 is 0 Å². The van der Waals surface area contributed by atoms with E-state index in [4.69, 9.17) is 10.2 Å². The summed E-state index contributed by atoms with van der Waals surface area (Å²) in [5, 5.41) is 37.8. The predicted octanol–water partition coefficient (Wildman–Crippen LogP) is 1.95. The van der Waals surface area contributed by atoms with Crippen molar-refractivity contribution in [1.29, 1.82) is 0 Å². The van der Waals surface area contributed by atoms with Gasteiger partial charge in [0.25, 0.3) is 0 Å². The highest BCUT2D eigenvalue weighted by molar-refractivity contribution is 5.71. The molecule has 0 radical (unpaired) electrons. The summed E-state index contributed by atoms with van der Waals surface area (Å²) >= 11 is 0. The summed E-state index contributed by atoms with van der Waals surface area (Å²) in [5.41, 5.74) is 5.84. The summed E-state index contributed by atoms with van der Waals surface area (Å²) in [6.45, 7) is 5.23. The van der Waals surface area contributed by atoms with E-state index >= 15 is 0 Å². The molecule has 3 rings (SSSR count). The minimum atomic E-state index is -1.52. The molecule has 0 saturated carbocycles. The Labute approximate surface area is 189 Å². The molecule has 0 fully saturated rings. The molecule has 32 heavy (non-hydrogen) atoms. The van der Waals surface area contributed by atoms with E-state index < -0.39 is 23.8 Å². The Bertz CT molecular complexity index is 846. The summed E-state index contributed by atoms with van der Waals surface area (Å²) in [5.74, 6) is -1.48. The number of aliphatic carboxylic acids is 1. The first-order valence-corrected chi connectivity index (χ1v) is 10.3. The van der Waals surface area contributed by atoms with Crippen LogP contribution >= 0.6 is 0 Å². The molecular weight excluding hydrogens is 406 g/mol. The van der Waals surface area contributed by atoms with Crippen molar-refractivity contribution < 1.29 is 31.0 Å². The van der Waals surface area contributed by atoms with Gasteiger partial charge in [0.05, 0.1) is 11.6 Å². The van der Waals surface area contributed by atoms with E-state index in [0.717, 1.165) is 11.1 Å². The SMILES string of the molecule is CC(C)(C)O.O=C([O-])[C@@H](O)c1ccccc1.[NH3+][C@@H](c1ccccc1)[C@H](O)c1ccccc1. The van der Waals surface area contributed by atoms with Crippen LogP contribution in [0, 0.1) is 0 Å². The smallest absolute Gasteiger partial charge is 0.140 e. The first-order valence-electron chi connectivity index (χ1n) is 10.3. The molecule has 6 nitrogen and oxygen atoms in total. The lowest BCUT2D eigenvalue weighted by Gasteiger charge is -2.16. The monoisotopic (exact) mass is 439 g/mol. The standard InChI is InChI=1S/C14H15NO.C8H8O3.C4H10O/c15-13(11-7-3-1-4-8-11)14(16)12-9-5-2-6-10-12;9-7(8(10)11)6-4-2-1-3-5-6;1-4(2,3)5/h1-10,13-14,16H,15H2;1-5,7,9H,(H,10,11);5H,1-3H3/t13-,14+;7-;/m00./s1. The maximum absolute atomic E-state index is 10.2. The number of carbonyl (C=O) groups is 1. The highest BCUT2D eigenvalue weighted by Crippen LogP contribution is 2.24. The number of carboxylic acids is 1. The average molecular weight is 440 g/mol. The van der Waals surface area contributed by atoms with E-state index in [1.165, 1.54) is 12.1 Å². The zero-order chi connectivity index (χ0) is 24.1. The van der Waals surface area contributed by atoms with Crippen LogP contribution in [0.1, 0.15) is 55.7 Å². The lowest BCUT2D eigenvalue weighted by atomic mass is 9.97. The molecule has 3 aromatic rings. The molecule has 3 aromatic carbocycles. The van der Waals surface area contributed by atoms with E-state index in [-0.39, 0.29) is 6.04 Å². The van der Waals surface area contributed by atoms with Gasteiger partial charge < -0.3 is 31.0 Å². The Kier molecular flexibility index (Phi) is 11.3. The molecule has 6 N–H and O–H groups in total. The molecule has 3 atom stereocenters. The Morgan fingerprint density at radius 3 is 1.41 bits per heavy atom. The second kappa shape index (κ2) is 13.4. The van der Waals surface area contributed by atoms with Crippen molar-refractivity contribution in [3.8, 4) is 0 Å². The topological polar surface area (TPSA) is 128 Å². The van der Waals surface area contributed by atoms with Gasteiger partial charge in [0, 0.05) is 5.56 Å². The Morgan fingerprint density at radius 2 is 1.06 bits per heavy atom. The minimum absolute atomic E-state index is 0.136. The maximum Gasteiger partial charge on any atom is 0.140 e. The Balaban J connectivity index is 0.000000278. The van der Waals surface area contributed by atoms with Crippen molar-refractivity contribution in [2.24, 2.45) is 0 Å². The van der Waals surface area contributed by atoms with Gasteiger partial charge in [0.2, 0.25) is 0 Å². The number of hydrogen-bond acceptors (Lipinski definition) is 5.